The molecule has 1 fully saturated rings. The van der Waals surface area contributed by atoms with E-state index in [2.05, 4.69) is 14.8 Å². The van der Waals surface area contributed by atoms with E-state index >= 15 is 0 Å². The number of fused-ring (bicyclic) bond motifs is 1. The molecule has 0 aliphatic carbocycles. The molecule has 0 radical (unpaired) electrons. The molecule has 11 heteroatoms. The third-order valence-electron chi connectivity index (χ3n) is 4.27. The van der Waals surface area contributed by atoms with Crippen molar-refractivity contribution in [3.8, 4) is 0 Å². The number of ether oxygens (including phenoxy) is 1. The molecule has 0 spiro atoms. The van der Waals surface area contributed by atoms with Crippen molar-refractivity contribution < 1.29 is 22.7 Å². The maximum absolute atomic E-state index is 12.7. The lowest BCUT2D eigenvalue weighted by Crippen LogP contribution is -2.41. The molecule has 2 aromatic rings. The summed E-state index contributed by atoms with van der Waals surface area (Å²) in [4.78, 5) is 30.2. The molecule has 0 unspecified atom stereocenters. The molecular weight excluding hydrogens is 386 g/mol. The van der Waals surface area contributed by atoms with Crippen molar-refractivity contribution in [1.29, 1.82) is 0 Å². The van der Waals surface area contributed by atoms with Gasteiger partial charge in [0, 0.05) is 25.5 Å². The van der Waals surface area contributed by atoms with Crippen molar-refractivity contribution in [1.82, 2.24) is 24.2 Å². The second-order valence-corrected chi connectivity index (χ2v) is 9.62. The first kappa shape index (κ1) is 20.1. The standard InChI is InChI=1S/C17H23N5O5S/c1-11-13(14-18-7-5-8-22(14)19-11)15(23)20-28(25,26)12-6-9-21(10-12)16(24)27-17(2,3)4/h5,7-8,12H,6,9-10H2,1-4H3,(H,20,23)/t12-/m0/s1. The summed E-state index contributed by atoms with van der Waals surface area (Å²) in [6.45, 7) is 7.03. The predicted octanol–water partition coefficient (Wildman–Crippen LogP) is 1.11. The van der Waals surface area contributed by atoms with Gasteiger partial charge < -0.3 is 9.64 Å². The van der Waals surface area contributed by atoms with Crippen LogP contribution in [0.25, 0.3) is 5.65 Å². The SMILES string of the molecule is Cc1nn2cccnc2c1C(=O)NS(=O)(=O)[C@H]1CCN(C(=O)OC(C)(C)C)C1. The quantitative estimate of drug-likeness (QED) is 0.805. The van der Waals surface area contributed by atoms with E-state index in [1.54, 1.807) is 40.0 Å². The van der Waals surface area contributed by atoms with Crippen LogP contribution in [0.4, 0.5) is 4.79 Å². The van der Waals surface area contributed by atoms with Crippen LogP contribution in [-0.2, 0) is 14.8 Å². The normalized spacial score (nSPS) is 17.7. The molecule has 0 saturated carbocycles. The monoisotopic (exact) mass is 409 g/mol. The molecule has 2 aromatic heterocycles. The van der Waals surface area contributed by atoms with Crippen LogP contribution in [0.1, 0.15) is 43.2 Å². The second-order valence-electron chi connectivity index (χ2n) is 7.66. The minimum Gasteiger partial charge on any atom is -0.444 e. The van der Waals surface area contributed by atoms with E-state index < -0.39 is 32.9 Å². The number of likely N-dealkylation sites (tertiary alicyclic amines) is 1. The number of hydrogen-bond acceptors (Lipinski definition) is 7. The Balaban J connectivity index is 1.73. The fourth-order valence-corrected chi connectivity index (χ4v) is 4.32. The van der Waals surface area contributed by atoms with E-state index in [0.29, 0.717) is 5.69 Å². The highest BCUT2D eigenvalue weighted by molar-refractivity contribution is 7.90. The van der Waals surface area contributed by atoms with E-state index in [1.165, 1.54) is 15.6 Å². The summed E-state index contributed by atoms with van der Waals surface area (Å²) in [6.07, 6.45) is 2.76. The third-order valence-corrected chi connectivity index (χ3v) is 6.00. The molecule has 0 bridgehead atoms. The molecular formula is C17H23N5O5S. The van der Waals surface area contributed by atoms with Crippen molar-refractivity contribution in [2.75, 3.05) is 13.1 Å². The Morgan fingerprint density at radius 3 is 2.71 bits per heavy atom. The molecule has 1 saturated heterocycles. The highest BCUT2D eigenvalue weighted by Crippen LogP contribution is 2.20. The number of aryl methyl sites for hydroxylation is 1. The van der Waals surface area contributed by atoms with Gasteiger partial charge in [0.05, 0.1) is 10.9 Å². The number of carbonyl (C=O) groups is 2. The minimum atomic E-state index is -3.99. The highest BCUT2D eigenvalue weighted by atomic mass is 32.2. The van der Waals surface area contributed by atoms with Gasteiger partial charge >= 0.3 is 6.09 Å². The Hall–Kier alpha value is -2.69. The Morgan fingerprint density at radius 1 is 1.32 bits per heavy atom. The van der Waals surface area contributed by atoms with Gasteiger partial charge in [0.2, 0.25) is 10.0 Å². The topological polar surface area (TPSA) is 123 Å². The average molecular weight is 409 g/mol. The number of nitrogens with one attached hydrogen (secondary N) is 1. The molecule has 3 heterocycles. The van der Waals surface area contributed by atoms with Gasteiger partial charge in [0.25, 0.3) is 5.91 Å². The summed E-state index contributed by atoms with van der Waals surface area (Å²) >= 11 is 0. The van der Waals surface area contributed by atoms with Crippen molar-refractivity contribution in [3.63, 3.8) is 0 Å². The number of aromatic nitrogens is 3. The van der Waals surface area contributed by atoms with Crippen LogP contribution in [-0.4, -0.2) is 63.9 Å². The summed E-state index contributed by atoms with van der Waals surface area (Å²) in [5.41, 5.74) is 0.0740. The second kappa shape index (κ2) is 7.04. The van der Waals surface area contributed by atoms with E-state index in [4.69, 9.17) is 4.74 Å². The van der Waals surface area contributed by atoms with Gasteiger partial charge in [0.1, 0.15) is 11.2 Å². The molecule has 1 N–H and O–H groups in total. The lowest BCUT2D eigenvalue weighted by atomic mass is 10.2. The largest absolute Gasteiger partial charge is 0.444 e. The molecule has 28 heavy (non-hydrogen) atoms. The molecule has 1 atom stereocenters. The van der Waals surface area contributed by atoms with Crippen molar-refractivity contribution in [2.24, 2.45) is 0 Å². The lowest BCUT2D eigenvalue weighted by molar-refractivity contribution is 0.0295. The number of hydrogen-bond donors (Lipinski definition) is 1. The number of carbonyl (C=O) groups excluding carboxylic acids is 2. The van der Waals surface area contributed by atoms with Crippen LogP contribution in [0.5, 0.6) is 0 Å². The molecule has 2 amide bonds. The number of nitrogens with zero attached hydrogens (tertiary/aromatic N) is 4. The van der Waals surface area contributed by atoms with Gasteiger partial charge in [-0.25, -0.2) is 27.4 Å². The highest BCUT2D eigenvalue weighted by Gasteiger charge is 2.38. The predicted molar refractivity (Wildman–Crippen MR) is 100 cm³/mol. The van der Waals surface area contributed by atoms with Crippen molar-refractivity contribution in [3.05, 3.63) is 29.7 Å². The fraction of sp³-hybridized carbons (Fsp3) is 0.529. The molecule has 152 valence electrons. The molecule has 1 aliphatic heterocycles. The molecule has 3 rings (SSSR count). The van der Waals surface area contributed by atoms with Crippen molar-refractivity contribution >= 4 is 27.7 Å². The van der Waals surface area contributed by atoms with Crippen LogP contribution in [0.2, 0.25) is 0 Å². The van der Waals surface area contributed by atoms with E-state index in [9.17, 15) is 18.0 Å². The van der Waals surface area contributed by atoms with E-state index in [-0.39, 0.29) is 30.7 Å². The molecule has 10 nitrogen and oxygen atoms in total. The van der Waals surface area contributed by atoms with Crippen LogP contribution in [0, 0.1) is 6.92 Å². The average Bonchev–Trinajstić information content (AvgIpc) is 3.17. The van der Waals surface area contributed by atoms with Gasteiger partial charge in [-0.3, -0.25) is 4.79 Å². The smallest absolute Gasteiger partial charge is 0.410 e. The van der Waals surface area contributed by atoms with Gasteiger partial charge in [0.15, 0.2) is 5.65 Å². The zero-order valence-corrected chi connectivity index (χ0v) is 17.0. The summed E-state index contributed by atoms with van der Waals surface area (Å²) in [5.74, 6) is -0.790. The summed E-state index contributed by atoms with van der Waals surface area (Å²) in [5, 5.41) is 3.26. The maximum atomic E-state index is 12.7. The zero-order chi connectivity index (χ0) is 20.7. The summed E-state index contributed by atoms with van der Waals surface area (Å²) in [7, 11) is -3.99. The number of rotatable bonds is 3. The Labute approximate surface area is 162 Å². The van der Waals surface area contributed by atoms with Gasteiger partial charge in [-0.05, 0) is 40.2 Å². The summed E-state index contributed by atoms with van der Waals surface area (Å²) in [6, 6.07) is 1.65. The van der Waals surface area contributed by atoms with Crippen LogP contribution >= 0.6 is 0 Å². The zero-order valence-electron chi connectivity index (χ0n) is 16.2. The van der Waals surface area contributed by atoms with Crippen molar-refractivity contribution in [2.45, 2.75) is 45.0 Å². The first-order valence-electron chi connectivity index (χ1n) is 8.82. The molecule has 0 aromatic carbocycles. The summed E-state index contributed by atoms with van der Waals surface area (Å²) < 4.78 is 34.1. The third kappa shape index (κ3) is 4.08. The Morgan fingerprint density at radius 2 is 2.04 bits per heavy atom. The van der Waals surface area contributed by atoms with Crippen LogP contribution < -0.4 is 4.72 Å². The first-order chi connectivity index (χ1) is 13.0. The first-order valence-corrected chi connectivity index (χ1v) is 10.4. The van der Waals surface area contributed by atoms with E-state index in [1.807, 2.05) is 0 Å². The number of amides is 2. The van der Waals surface area contributed by atoms with Gasteiger partial charge in [-0.1, -0.05) is 0 Å². The van der Waals surface area contributed by atoms with Gasteiger partial charge in [-0.15, -0.1) is 0 Å². The van der Waals surface area contributed by atoms with Crippen LogP contribution in [0.15, 0.2) is 18.5 Å². The van der Waals surface area contributed by atoms with E-state index in [0.717, 1.165) is 0 Å². The Kier molecular flexibility index (Phi) is 5.04. The fourth-order valence-electron chi connectivity index (χ4n) is 3.00. The Bertz CT molecular complexity index is 1020. The maximum Gasteiger partial charge on any atom is 0.410 e. The van der Waals surface area contributed by atoms with Crippen LogP contribution in [0.3, 0.4) is 0 Å². The van der Waals surface area contributed by atoms with Gasteiger partial charge in [-0.2, -0.15) is 5.10 Å². The molecule has 1 aliphatic rings. The lowest BCUT2D eigenvalue weighted by Gasteiger charge is -2.24. The minimum absolute atomic E-state index is 0.0382. The number of sulfonamides is 1.